The highest BCUT2D eigenvalue weighted by atomic mass is 16.5. The number of nitrogens with zero attached hydrogens (tertiary/aromatic N) is 3. The van der Waals surface area contributed by atoms with Gasteiger partial charge in [0.25, 0.3) is 6.02 Å². The summed E-state index contributed by atoms with van der Waals surface area (Å²) in [6, 6.07) is 6.30. The van der Waals surface area contributed by atoms with Crippen LogP contribution >= 0.6 is 0 Å². The lowest BCUT2D eigenvalue weighted by molar-refractivity contribution is -0.0148. The van der Waals surface area contributed by atoms with E-state index in [1.54, 1.807) is 19.5 Å². The molecule has 2 aromatic rings. The van der Waals surface area contributed by atoms with Gasteiger partial charge >= 0.3 is 0 Å². The summed E-state index contributed by atoms with van der Waals surface area (Å²) in [7, 11) is 1.76. The molecule has 1 atom stereocenters. The quantitative estimate of drug-likeness (QED) is 0.865. The van der Waals surface area contributed by atoms with Crippen LogP contribution in [0.3, 0.4) is 0 Å². The molecule has 2 heterocycles. The van der Waals surface area contributed by atoms with Gasteiger partial charge in [0.05, 0.1) is 15.4 Å². The second-order valence-electron chi connectivity index (χ2n) is 8.12. The standard InChI is InChI=1S/C22H26N4O2/c1-27-18-4-6-21(7-5-18)11-16-3-2-15(17-12-24-14-25-13-17)10-19(16)22(21)8-9-28-20(23)26-22/h2-3,10,12-14,18H,4-9,11H2,1H3,(H2,23,26)/t18-,21-,22?/i9D2. The minimum Gasteiger partial charge on any atom is -0.465 e. The van der Waals surface area contributed by atoms with Crippen molar-refractivity contribution in [3.8, 4) is 11.1 Å². The smallest absolute Gasteiger partial charge is 0.282 e. The van der Waals surface area contributed by atoms with Crippen LogP contribution in [-0.2, 0) is 21.4 Å². The molecule has 1 saturated carbocycles. The lowest BCUT2D eigenvalue weighted by Crippen LogP contribution is -2.49. The molecule has 28 heavy (non-hydrogen) atoms. The molecule has 1 aromatic heterocycles. The molecule has 3 aliphatic rings. The minimum absolute atomic E-state index is 0.0687. The first-order valence-corrected chi connectivity index (χ1v) is 9.82. The summed E-state index contributed by atoms with van der Waals surface area (Å²) in [6.07, 6.45) is 10.0. The van der Waals surface area contributed by atoms with Crippen molar-refractivity contribution in [2.45, 2.75) is 50.2 Å². The molecule has 1 fully saturated rings. The van der Waals surface area contributed by atoms with E-state index in [9.17, 15) is 0 Å². The van der Waals surface area contributed by atoms with E-state index in [1.165, 1.54) is 11.9 Å². The molecule has 1 aliphatic heterocycles. The molecule has 0 bridgehead atoms. The predicted octanol–water partition coefficient (Wildman–Crippen LogP) is 3.21. The van der Waals surface area contributed by atoms with Crippen molar-refractivity contribution in [1.82, 2.24) is 9.97 Å². The molecule has 0 radical (unpaired) electrons. The Balaban J connectivity index is 1.67. The Morgan fingerprint density at radius 2 is 1.96 bits per heavy atom. The van der Waals surface area contributed by atoms with Crippen LogP contribution in [0.4, 0.5) is 0 Å². The Morgan fingerprint density at radius 3 is 2.68 bits per heavy atom. The summed E-state index contributed by atoms with van der Waals surface area (Å²) in [5.74, 6) is 0. The van der Waals surface area contributed by atoms with E-state index in [-0.39, 0.29) is 24.0 Å². The zero-order valence-electron chi connectivity index (χ0n) is 18.0. The fraction of sp³-hybridized carbons (Fsp3) is 0.500. The lowest BCUT2D eigenvalue weighted by Gasteiger charge is -2.49. The number of fused-ring (bicyclic) bond motifs is 3. The molecule has 5 rings (SSSR count). The summed E-state index contributed by atoms with van der Waals surface area (Å²) in [5, 5.41) is 0. The summed E-state index contributed by atoms with van der Waals surface area (Å²) >= 11 is 0. The number of hydrogen-bond donors (Lipinski definition) is 1. The average Bonchev–Trinajstić information content (AvgIpc) is 2.95. The molecular weight excluding hydrogens is 352 g/mol. The van der Waals surface area contributed by atoms with Crippen molar-refractivity contribution >= 4 is 6.02 Å². The minimum atomic E-state index is -1.87. The number of nitrogens with two attached hydrogens (primary N) is 1. The summed E-state index contributed by atoms with van der Waals surface area (Å²) in [4.78, 5) is 13.2. The fourth-order valence-corrected chi connectivity index (χ4v) is 5.44. The number of benzene rings is 1. The van der Waals surface area contributed by atoms with Crippen molar-refractivity contribution in [3.05, 3.63) is 48.0 Å². The van der Waals surface area contributed by atoms with E-state index in [1.807, 2.05) is 0 Å². The van der Waals surface area contributed by atoms with Crippen LogP contribution in [0.5, 0.6) is 0 Å². The van der Waals surface area contributed by atoms with E-state index in [0.717, 1.165) is 48.8 Å². The first kappa shape index (κ1) is 15.5. The zero-order chi connectivity index (χ0) is 21.0. The van der Waals surface area contributed by atoms with Crippen LogP contribution in [-0.4, -0.2) is 35.8 Å². The van der Waals surface area contributed by atoms with Crippen LogP contribution in [0, 0.1) is 5.41 Å². The molecule has 146 valence electrons. The van der Waals surface area contributed by atoms with Gasteiger partial charge in [-0.05, 0) is 54.9 Å². The van der Waals surface area contributed by atoms with Crippen LogP contribution in [0.15, 0.2) is 41.9 Å². The average molecular weight is 380 g/mol. The summed E-state index contributed by atoms with van der Waals surface area (Å²) in [5.41, 5.74) is 9.29. The van der Waals surface area contributed by atoms with E-state index < -0.39 is 12.1 Å². The van der Waals surface area contributed by atoms with Gasteiger partial charge in [-0.3, -0.25) is 0 Å². The first-order chi connectivity index (χ1) is 14.4. The third kappa shape index (κ3) is 2.54. The lowest BCUT2D eigenvalue weighted by atomic mass is 9.60. The van der Waals surface area contributed by atoms with Crippen molar-refractivity contribution in [3.63, 3.8) is 0 Å². The van der Waals surface area contributed by atoms with E-state index in [0.29, 0.717) is 0 Å². The van der Waals surface area contributed by atoms with Crippen LogP contribution in [0.25, 0.3) is 11.1 Å². The summed E-state index contributed by atoms with van der Waals surface area (Å²) < 4.78 is 27.7. The molecule has 6 nitrogen and oxygen atoms in total. The molecular formula is C22H26N4O2. The van der Waals surface area contributed by atoms with Gasteiger partial charge in [-0.2, -0.15) is 0 Å². The Labute approximate surface area is 168 Å². The molecule has 2 aliphatic carbocycles. The number of aromatic nitrogens is 2. The third-order valence-corrected chi connectivity index (χ3v) is 6.88. The van der Waals surface area contributed by atoms with Gasteiger partial charge in [-0.25, -0.2) is 15.0 Å². The topological polar surface area (TPSA) is 82.6 Å². The maximum absolute atomic E-state index is 8.42. The third-order valence-electron chi connectivity index (χ3n) is 6.88. The van der Waals surface area contributed by atoms with Gasteiger partial charge in [-0.15, -0.1) is 0 Å². The molecule has 0 amide bonds. The molecule has 0 saturated heterocycles. The zero-order valence-corrected chi connectivity index (χ0v) is 16.0. The second-order valence-corrected chi connectivity index (χ2v) is 8.12. The van der Waals surface area contributed by atoms with Gasteiger partial charge in [0, 0.05) is 36.9 Å². The summed E-state index contributed by atoms with van der Waals surface area (Å²) in [6.45, 7) is -1.87. The van der Waals surface area contributed by atoms with Gasteiger partial charge in [-0.1, -0.05) is 12.1 Å². The monoisotopic (exact) mass is 380 g/mol. The van der Waals surface area contributed by atoms with Gasteiger partial charge in [0.2, 0.25) is 0 Å². The van der Waals surface area contributed by atoms with Crippen LogP contribution in [0.2, 0.25) is 0 Å². The van der Waals surface area contributed by atoms with Crippen molar-refractivity contribution in [2.24, 2.45) is 16.1 Å². The van der Waals surface area contributed by atoms with Crippen molar-refractivity contribution < 1.29 is 12.2 Å². The number of rotatable bonds is 2. The molecule has 1 aromatic carbocycles. The van der Waals surface area contributed by atoms with Crippen LogP contribution < -0.4 is 5.73 Å². The number of hydrogen-bond acceptors (Lipinski definition) is 6. The Kier molecular flexibility index (Phi) is 3.62. The predicted molar refractivity (Wildman–Crippen MR) is 107 cm³/mol. The Bertz CT molecular complexity index is 990. The number of amidine groups is 1. The normalized spacial score (nSPS) is 34.3. The van der Waals surface area contributed by atoms with Gasteiger partial charge in [0.1, 0.15) is 11.9 Å². The van der Waals surface area contributed by atoms with Gasteiger partial charge in [0.15, 0.2) is 0 Å². The first-order valence-electron chi connectivity index (χ1n) is 10.8. The Hall–Kier alpha value is -2.47. The van der Waals surface area contributed by atoms with E-state index in [2.05, 4.69) is 28.2 Å². The molecule has 6 heteroatoms. The maximum Gasteiger partial charge on any atom is 0.282 e. The van der Waals surface area contributed by atoms with E-state index >= 15 is 0 Å². The molecule has 2 spiro atoms. The van der Waals surface area contributed by atoms with E-state index in [4.69, 9.17) is 22.9 Å². The largest absolute Gasteiger partial charge is 0.465 e. The highest BCUT2D eigenvalue weighted by molar-refractivity contribution is 5.74. The number of ether oxygens (including phenoxy) is 2. The fourth-order valence-electron chi connectivity index (χ4n) is 5.44. The van der Waals surface area contributed by atoms with Crippen LogP contribution in [0.1, 0.15) is 46.0 Å². The maximum atomic E-state index is 8.42. The van der Waals surface area contributed by atoms with Crippen molar-refractivity contribution in [1.29, 1.82) is 0 Å². The highest BCUT2D eigenvalue weighted by Crippen LogP contribution is 2.62. The SMILES string of the molecule is [2H]C1([2H])CC2(N=C(N)O1)c1cc(-c3cncnc3)ccc1C[C@]21CC[C@@H](OC)CC1. The van der Waals surface area contributed by atoms with Crippen molar-refractivity contribution in [2.75, 3.05) is 13.7 Å². The second kappa shape index (κ2) is 6.55. The Morgan fingerprint density at radius 1 is 1.18 bits per heavy atom. The van der Waals surface area contributed by atoms with Gasteiger partial charge < -0.3 is 15.2 Å². The molecule has 2 N–H and O–H groups in total. The molecule has 1 unspecified atom stereocenters. The number of aliphatic imine (C=N–C) groups is 1. The highest BCUT2D eigenvalue weighted by Gasteiger charge is 2.59. The number of methoxy groups -OCH3 is 1.